The number of hydrogen-bond donors (Lipinski definition) is 0. The van der Waals surface area contributed by atoms with Gasteiger partial charge in [0.15, 0.2) is 5.69 Å². The highest BCUT2D eigenvalue weighted by Crippen LogP contribution is 2.31. The van der Waals surface area contributed by atoms with E-state index in [0.29, 0.717) is 18.8 Å². The molecule has 4 nitrogen and oxygen atoms in total. The number of aryl methyl sites for hydroxylation is 1. The van der Waals surface area contributed by atoms with E-state index in [0.717, 1.165) is 22.2 Å². The van der Waals surface area contributed by atoms with E-state index in [1.165, 1.54) is 11.1 Å². The van der Waals surface area contributed by atoms with E-state index >= 15 is 0 Å². The van der Waals surface area contributed by atoms with Crippen LogP contribution >= 0.6 is 0 Å². The van der Waals surface area contributed by atoms with Crippen molar-refractivity contribution in [1.82, 2.24) is 10.2 Å². The SMILES string of the molecule is Cc1ccc2nnc(C#N)c(N(Cc3ccccc3)Cc3ccccc3)c2c1. The summed E-state index contributed by atoms with van der Waals surface area (Å²) in [5.41, 5.74) is 5.48. The molecule has 28 heavy (non-hydrogen) atoms. The second-order valence-electron chi connectivity index (χ2n) is 6.86. The molecule has 0 bridgehead atoms. The Morgan fingerprint density at radius 1 is 0.821 bits per heavy atom. The van der Waals surface area contributed by atoms with Gasteiger partial charge in [-0.3, -0.25) is 0 Å². The predicted molar refractivity (Wildman–Crippen MR) is 112 cm³/mol. The van der Waals surface area contributed by atoms with Gasteiger partial charge in [-0.2, -0.15) is 5.26 Å². The highest BCUT2D eigenvalue weighted by Gasteiger charge is 2.18. The number of aromatic nitrogens is 2. The molecule has 0 aliphatic carbocycles. The maximum absolute atomic E-state index is 9.75. The first kappa shape index (κ1) is 17.7. The summed E-state index contributed by atoms with van der Waals surface area (Å²) in [6, 6.07) is 28.9. The largest absolute Gasteiger partial charge is 0.360 e. The summed E-state index contributed by atoms with van der Waals surface area (Å²) in [5.74, 6) is 0. The quantitative estimate of drug-likeness (QED) is 0.499. The zero-order chi connectivity index (χ0) is 19.3. The van der Waals surface area contributed by atoms with Crippen molar-refractivity contribution < 1.29 is 0 Å². The lowest BCUT2D eigenvalue weighted by molar-refractivity contribution is 0.795. The maximum Gasteiger partial charge on any atom is 0.187 e. The molecule has 0 fully saturated rings. The number of benzene rings is 3. The van der Waals surface area contributed by atoms with E-state index in [2.05, 4.69) is 58.4 Å². The second-order valence-corrected chi connectivity index (χ2v) is 6.86. The van der Waals surface area contributed by atoms with Crippen molar-refractivity contribution in [2.45, 2.75) is 20.0 Å². The Morgan fingerprint density at radius 2 is 1.43 bits per heavy atom. The third-order valence-corrected chi connectivity index (χ3v) is 4.74. The van der Waals surface area contributed by atoms with Gasteiger partial charge >= 0.3 is 0 Å². The fourth-order valence-corrected chi connectivity index (χ4v) is 3.42. The molecular weight excluding hydrogens is 344 g/mol. The standard InChI is InChI=1S/C24H20N4/c1-18-12-13-22-21(14-18)24(23(15-25)27-26-22)28(16-19-8-4-2-5-9-19)17-20-10-6-3-7-11-20/h2-14H,16-17H2,1H3. The molecular formula is C24H20N4. The van der Waals surface area contributed by atoms with Gasteiger partial charge < -0.3 is 4.90 Å². The van der Waals surface area contributed by atoms with Gasteiger partial charge in [0.1, 0.15) is 6.07 Å². The summed E-state index contributed by atoms with van der Waals surface area (Å²) in [4.78, 5) is 2.22. The van der Waals surface area contributed by atoms with Gasteiger partial charge in [0, 0.05) is 18.5 Å². The first-order chi connectivity index (χ1) is 13.7. The van der Waals surface area contributed by atoms with Crippen LogP contribution in [0.3, 0.4) is 0 Å². The van der Waals surface area contributed by atoms with Gasteiger partial charge in [0.2, 0.25) is 0 Å². The van der Waals surface area contributed by atoms with Crippen LogP contribution in [0.2, 0.25) is 0 Å². The smallest absolute Gasteiger partial charge is 0.187 e. The average molecular weight is 364 g/mol. The molecule has 4 aromatic rings. The minimum Gasteiger partial charge on any atom is -0.360 e. The van der Waals surface area contributed by atoms with Gasteiger partial charge in [-0.1, -0.05) is 72.3 Å². The minimum atomic E-state index is 0.352. The molecule has 136 valence electrons. The fraction of sp³-hybridized carbons (Fsp3) is 0.125. The molecule has 4 rings (SSSR count). The second kappa shape index (κ2) is 7.89. The lowest BCUT2D eigenvalue weighted by Gasteiger charge is -2.27. The topological polar surface area (TPSA) is 52.8 Å². The molecule has 0 N–H and O–H groups in total. The Hall–Kier alpha value is -3.71. The van der Waals surface area contributed by atoms with Crippen molar-refractivity contribution in [1.29, 1.82) is 5.26 Å². The molecule has 0 radical (unpaired) electrons. The van der Waals surface area contributed by atoms with Crippen molar-refractivity contribution in [2.24, 2.45) is 0 Å². The average Bonchev–Trinajstić information content (AvgIpc) is 2.74. The van der Waals surface area contributed by atoms with Gasteiger partial charge in [-0.05, 0) is 30.2 Å². The summed E-state index contributed by atoms with van der Waals surface area (Å²) >= 11 is 0. The molecule has 1 aromatic heterocycles. The van der Waals surface area contributed by atoms with Crippen LogP contribution in [0.1, 0.15) is 22.4 Å². The van der Waals surface area contributed by atoms with E-state index in [1.807, 2.05) is 48.5 Å². The van der Waals surface area contributed by atoms with Crippen molar-refractivity contribution in [3.8, 4) is 6.07 Å². The number of nitrogens with zero attached hydrogens (tertiary/aromatic N) is 4. The van der Waals surface area contributed by atoms with Crippen molar-refractivity contribution in [2.75, 3.05) is 4.90 Å². The van der Waals surface area contributed by atoms with Crippen LogP contribution < -0.4 is 4.90 Å². The summed E-state index contributed by atoms with van der Waals surface area (Å²) in [6.07, 6.45) is 0. The maximum atomic E-state index is 9.75. The van der Waals surface area contributed by atoms with Crippen LogP contribution in [0, 0.1) is 18.3 Å². The van der Waals surface area contributed by atoms with Gasteiger partial charge in [-0.25, -0.2) is 0 Å². The van der Waals surface area contributed by atoms with E-state index in [4.69, 9.17) is 0 Å². The molecule has 4 heteroatoms. The first-order valence-electron chi connectivity index (χ1n) is 9.24. The lowest BCUT2D eigenvalue weighted by Crippen LogP contribution is -2.24. The van der Waals surface area contributed by atoms with E-state index in [-0.39, 0.29) is 0 Å². The highest BCUT2D eigenvalue weighted by atomic mass is 15.2. The number of hydrogen-bond acceptors (Lipinski definition) is 4. The molecule has 1 heterocycles. The van der Waals surface area contributed by atoms with Crippen molar-refractivity contribution in [3.63, 3.8) is 0 Å². The fourth-order valence-electron chi connectivity index (χ4n) is 3.42. The van der Waals surface area contributed by atoms with Crippen molar-refractivity contribution >= 4 is 16.6 Å². The molecule has 0 amide bonds. The van der Waals surface area contributed by atoms with Crippen LogP contribution in [-0.4, -0.2) is 10.2 Å². The third kappa shape index (κ3) is 3.70. The van der Waals surface area contributed by atoms with E-state index < -0.39 is 0 Å². The van der Waals surface area contributed by atoms with Gasteiger partial charge in [-0.15, -0.1) is 10.2 Å². The molecule has 0 aliphatic rings. The van der Waals surface area contributed by atoms with Crippen LogP contribution in [0.4, 0.5) is 5.69 Å². The zero-order valence-electron chi connectivity index (χ0n) is 15.7. The molecule has 0 spiro atoms. The normalized spacial score (nSPS) is 10.6. The lowest BCUT2D eigenvalue weighted by atomic mass is 10.1. The zero-order valence-corrected chi connectivity index (χ0v) is 15.7. The number of nitriles is 1. The Kier molecular flexibility index (Phi) is 4.99. The summed E-state index contributed by atoms with van der Waals surface area (Å²) in [7, 11) is 0. The number of fused-ring (bicyclic) bond motifs is 1. The summed E-state index contributed by atoms with van der Waals surface area (Å²) in [6.45, 7) is 3.41. The van der Waals surface area contributed by atoms with Gasteiger partial charge in [0.25, 0.3) is 0 Å². The number of anilines is 1. The Morgan fingerprint density at radius 3 is 2.00 bits per heavy atom. The molecule has 3 aromatic carbocycles. The van der Waals surface area contributed by atoms with Crippen LogP contribution in [-0.2, 0) is 13.1 Å². The molecule has 0 saturated heterocycles. The van der Waals surface area contributed by atoms with E-state index in [9.17, 15) is 5.26 Å². The third-order valence-electron chi connectivity index (χ3n) is 4.74. The van der Waals surface area contributed by atoms with Crippen LogP contribution in [0.25, 0.3) is 10.9 Å². The minimum absolute atomic E-state index is 0.352. The molecule has 0 unspecified atom stereocenters. The van der Waals surface area contributed by atoms with Gasteiger partial charge in [0.05, 0.1) is 11.2 Å². The Bertz CT molecular complexity index is 1090. The Labute approximate surface area is 164 Å². The summed E-state index contributed by atoms with van der Waals surface area (Å²) in [5, 5.41) is 19.2. The monoisotopic (exact) mass is 364 g/mol. The Balaban J connectivity index is 1.88. The molecule has 0 saturated carbocycles. The first-order valence-corrected chi connectivity index (χ1v) is 9.24. The van der Waals surface area contributed by atoms with Crippen molar-refractivity contribution in [3.05, 3.63) is 101 Å². The summed E-state index contributed by atoms with van der Waals surface area (Å²) < 4.78 is 0. The number of rotatable bonds is 5. The van der Waals surface area contributed by atoms with Crippen LogP contribution in [0.15, 0.2) is 78.9 Å². The van der Waals surface area contributed by atoms with Crippen LogP contribution in [0.5, 0.6) is 0 Å². The molecule has 0 atom stereocenters. The molecule has 0 aliphatic heterocycles. The van der Waals surface area contributed by atoms with E-state index in [1.54, 1.807) is 0 Å². The predicted octanol–water partition coefficient (Wildman–Crippen LogP) is 5.02. The highest BCUT2D eigenvalue weighted by molar-refractivity contribution is 5.93.